The number of thioether (sulfide) groups is 1. The normalized spacial score (nSPS) is 10.6. The summed E-state index contributed by atoms with van der Waals surface area (Å²) in [6.07, 6.45) is 4.87. The molecule has 156 valence electrons. The average molecular weight is 453 g/mol. The lowest BCUT2D eigenvalue weighted by molar-refractivity contribution is -0.113. The van der Waals surface area contributed by atoms with Gasteiger partial charge in [-0.05, 0) is 48.5 Å². The Balaban J connectivity index is 1.58. The highest BCUT2D eigenvalue weighted by molar-refractivity contribution is 7.99. The number of amides is 1. The Hall–Kier alpha value is -3.43. The summed E-state index contributed by atoms with van der Waals surface area (Å²) >= 11 is 7.10. The Morgan fingerprint density at radius 2 is 1.87 bits per heavy atom. The molecule has 1 aromatic carbocycles. The van der Waals surface area contributed by atoms with Crippen LogP contribution < -0.4 is 10.1 Å². The van der Waals surface area contributed by atoms with Crippen LogP contribution >= 0.6 is 23.4 Å². The van der Waals surface area contributed by atoms with E-state index in [-0.39, 0.29) is 11.7 Å². The van der Waals surface area contributed by atoms with Gasteiger partial charge in [-0.3, -0.25) is 14.3 Å². The largest absolute Gasteiger partial charge is 0.497 e. The lowest BCUT2D eigenvalue weighted by Gasteiger charge is -2.11. The van der Waals surface area contributed by atoms with Gasteiger partial charge in [0.1, 0.15) is 11.6 Å². The smallest absolute Gasteiger partial charge is 0.236 e. The number of nitrogens with zero attached hydrogens (tertiary/aromatic N) is 5. The molecule has 10 heteroatoms. The molecule has 0 aliphatic heterocycles. The first-order chi connectivity index (χ1) is 15.1. The number of rotatable bonds is 7. The molecule has 0 bridgehead atoms. The summed E-state index contributed by atoms with van der Waals surface area (Å²) in [5, 5.41) is 12.5. The Morgan fingerprint density at radius 1 is 1.10 bits per heavy atom. The van der Waals surface area contributed by atoms with Crippen molar-refractivity contribution in [2.24, 2.45) is 0 Å². The van der Waals surface area contributed by atoms with Crippen LogP contribution in [0.2, 0.25) is 5.02 Å². The minimum atomic E-state index is -0.213. The van der Waals surface area contributed by atoms with Gasteiger partial charge in [-0.2, -0.15) is 0 Å². The van der Waals surface area contributed by atoms with Crippen molar-refractivity contribution in [1.29, 1.82) is 0 Å². The monoisotopic (exact) mass is 452 g/mol. The van der Waals surface area contributed by atoms with E-state index in [1.165, 1.54) is 18.0 Å². The number of hydrogen-bond donors (Lipinski definition) is 1. The number of methoxy groups -OCH3 is 1. The number of ether oxygens (including phenoxy) is 1. The molecule has 1 amide bonds. The SMILES string of the molecule is COc1ccc(-n2c(SCC(=O)Nc3ccc(Cl)cn3)nnc2-c2ccncc2)cc1. The molecule has 4 aromatic rings. The predicted octanol–water partition coefficient (Wildman–Crippen LogP) is 4.12. The number of halogens is 1. The van der Waals surface area contributed by atoms with Crippen molar-refractivity contribution in [2.75, 3.05) is 18.2 Å². The van der Waals surface area contributed by atoms with Crippen LogP contribution in [-0.4, -0.2) is 43.5 Å². The Morgan fingerprint density at radius 3 is 2.55 bits per heavy atom. The topological polar surface area (TPSA) is 94.8 Å². The molecular formula is C21H17ClN6O2S. The number of anilines is 1. The number of carbonyl (C=O) groups is 1. The maximum atomic E-state index is 12.4. The quantitative estimate of drug-likeness (QED) is 0.421. The molecule has 8 nitrogen and oxygen atoms in total. The molecule has 0 saturated heterocycles. The Labute approximate surface area is 187 Å². The molecule has 0 fully saturated rings. The van der Waals surface area contributed by atoms with Crippen molar-refractivity contribution >= 4 is 35.1 Å². The van der Waals surface area contributed by atoms with Crippen molar-refractivity contribution in [3.05, 3.63) is 72.1 Å². The second-order valence-electron chi connectivity index (χ2n) is 6.27. The number of pyridine rings is 2. The second kappa shape index (κ2) is 9.59. The van der Waals surface area contributed by atoms with E-state index < -0.39 is 0 Å². The van der Waals surface area contributed by atoms with Crippen LogP contribution in [0.4, 0.5) is 5.82 Å². The third-order valence-electron chi connectivity index (χ3n) is 4.23. The van der Waals surface area contributed by atoms with Crippen molar-refractivity contribution < 1.29 is 9.53 Å². The van der Waals surface area contributed by atoms with Gasteiger partial charge in [0.25, 0.3) is 0 Å². The van der Waals surface area contributed by atoms with Crippen molar-refractivity contribution in [2.45, 2.75) is 5.16 Å². The van der Waals surface area contributed by atoms with Gasteiger partial charge in [0.15, 0.2) is 11.0 Å². The van der Waals surface area contributed by atoms with Crippen LogP contribution in [0, 0.1) is 0 Å². The van der Waals surface area contributed by atoms with E-state index in [0.29, 0.717) is 21.8 Å². The summed E-state index contributed by atoms with van der Waals surface area (Å²) in [5.41, 5.74) is 1.71. The molecule has 0 aliphatic carbocycles. The number of hydrogen-bond acceptors (Lipinski definition) is 7. The van der Waals surface area contributed by atoms with Crippen LogP contribution in [0.3, 0.4) is 0 Å². The molecule has 3 heterocycles. The zero-order valence-corrected chi connectivity index (χ0v) is 18.0. The van der Waals surface area contributed by atoms with Gasteiger partial charge in [-0.15, -0.1) is 10.2 Å². The lowest BCUT2D eigenvalue weighted by Crippen LogP contribution is -2.15. The predicted molar refractivity (Wildman–Crippen MR) is 120 cm³/mol. The van der Waals surface area contributed by atoms with Crippen LogP contribution in [-0.2, 0) is 4.79 Å². The molecule has 3 aromatic heterocycles. The van der Waals surface area contributed by atoms with Gasteiger partial charge < -0.3 is 10.1 Å². The fourth-order valence-electron chi connectivity index (χ4n) is 2.77. The van der Waals surface area contributed by atoms with E-state index in [2.05, 4.69) is 25.5 Å². The molecule has 0 saturated carbocycles. The van der Waals surface area contributed by atoms with Crippen molar-refractivity contribution in [3.8, 4) is 22.8 Å². The minimum absolute atomic E-state index is 0.134. The second-order valence-corrected chi connectivity index (χ2v) is 7.65. The zero-order valence-electron chi connectivity index (χ0n) is 16.4. The summed E-state index contributed by atoms with van der Waals surface area (Å²) in [5.74, 6) is 1.74. The average Bonchev–Trinajstić information content (AvgIpc) is 3.24. The fourth-order valence-corrected chi connectivity index (χ4v) is 3.64. The zero-order chi connectivity index (χ0) is 21.6. The number of nitrogens with one attached hydrogen (secondary N) is 1. The molecular weight excluding hydrogens is 436 g/mol. The Bertz CT molecular complexity index is 1170. The molecule has 0 radical (unpaired) electrons. The highest BCUT2D eigenvalue weighted by Crippen LogP contribution is 2.28. The molecule has 0 aliphatic rings. The van der Waals surface area contributed by atoms with Gasteiger partial charge in [0, 0.05) is 29.8 Å². The van der Waals surface area contributed by atoms with Gasteiger partial charge in [0.2, 0.25) is 5.91 Å². The van der Waals surface area contributed by atoms with Gasteiger partial charge in [-0.1, -0.05) is 23.4 Å². The first-order valence-corrected chi connectivity index (χ1v) is 10.5. The van der Waals surface area contributed by atoms with Gasteiger partial charge in [0.05, 0.1) is 17.9 Å². The lowest BCUT2D eigenvalue weighted by atomic mass is 10.2. The molecule has 4 rings (SSSR count). The first kappa shape index (κ1) is 20.8. The summed E-state index contributed by atoms with van der Waals surface area (Å²) in [6.45, 7) is 0. The van der Waals surface area contributed by atoms with E-state index in [0.717, 1.165) is 17.0 Å². The third-order valence-corrected chi connectivity index (χ3v) is 5.38. The van der Waals surface area contributed by atoms with E-state index in [4.69, 9.17) is 16.3 Å². The van der Waals surface area contributed by atoms with E-state index in [1.54, 1.807) is 31.6 Å². The van der Waals surface area contributed by atoms with Crippen LogP contribution in [0.15, 0.2) is 72.3 Å². The highest BCUT2D eigenvalue weighted by Gasteiger charge is 2.17. The van der Waals surface area contributed by atoms with Crippen LogP contribution in [0.1, 0.15) is 0 Å². The van der Waals surface area contributed by atoms with Gasteiger partial charge in [-0.25, -0.2) is 4.98 Å². The van der Waals surface area contributed by atoms with Crippen LogP contribution in [0.5, 0.6) is 5.75 Å². The standard InChI is InChI=1S/C21H17ClN6O2S/c1-30-17-5-3-16(4-6-17)28-20(14-8-10-23-11-9-14)26-27-21(28)31-13-19(29)25-18-7-2-15(22)12-24-18/h2-12H,13H2,1H3,(H,24,25,29). The highest BCUT2D eigenvalue weighted by atomic mass is 35.5. The van der Waals surface area contributed by atoms with E-state index >= 15 is 0 Å². The molecule has 31 heavy (non-hydrogen) atoms. The Kier molecular flexibility index (Phi) is 6.44. The maximum Gasteiger partial charge on any atom is 0.236 e. The third kappa shape index (κ3) is 5.01. The molecule has 1 N–H and O–H groups in total. The fraction of sp³-hybridized carbons (Fsp3) is 0.0952. The molecule has 0 spiro atoms. The van der Waals surface area contributed by atoms with Gasteiger partial charge >= 0.3 is 0 Å². The summed E-state index contributed by atoms with van der Waals surface area (Å²) < 4.78 is 7.15. The maximum absolute atomic E-state index is 12.4. The molecule has 0 unspecified atom stereocenters. The summed E-state index contributed by atoms with van der Waals surface area (Å²) in [7, 11) is 1.62. The first-order valence-electron chi connectivity index (χ1n) is 9.18. The number of benzene rings is 1. The van der Waals surface area contributed by atoms with E-state index in [9.17, 15) is 4.79 Å². The van der Waals surface area contributed by atoms with Crippen molar-refractivity contribution in [1.82, 2.24) is 24.7 Å². The van der Waals surface area contributed by atoms with E-state index in [1.807, 2.05) is 41.0 Å². The van der Waals surface area contributed by atoms with Crippen molar-refractivity contribution in [3.63, 3.8) is 0 Å². The molecule has 0 atom stereocenters. The summed E-state index contributed by atoms with van der Waals surface area (Å²) in [6, 6.07) is 14.6. The van der Waals surface area contributed by atoms with Crippen LogP contribution in [0.25, 0.3) is 17.1 Å². The minimum Gasteiger partial charge on any atom is -0.497 e. The number of carbonyl (C=O) groups excluding carboxylic acids is 1. The number of aromatic nitrogens is 5. The summed E-state index contributed by atoms with van der Waals surface area (Å²) in [4.78, 5) is 20.5.